The average molecular weight is 729 g/mol. The molecule has 264 valence electrons. The van der Waals surface area contributed by atoms with E-state index < -0.39 is 0 Å². The molecule has 0 aliphatic heterocycles. The largest absolute Gasteiger partial charge is 0.454 e. The van der Waals surface area contributed by atoms with E-state index in [1.807, 2.05) is 72.8 Å². The molecule has 0 N–H and O–H groups in total. The predicted octanol–water partition coefficient (Wildman–Crippen LogP) is 13.4. The summed E-state index contributed by atoms with van der Waals surface area (Å²) in [5.74, 6) is 0.470. The van der Waals surface area contributed by atoms with Crippen LogP contribution in [0.3, 0.4) is 0 Å². The summed E-state index contributed by atoms with van der Waals surface area (Å²) in [4.78, 5) is 10.9. The van der Waals surface area contributed by atoms with Gasteiger partial charge in [0.05, 0.1) is 17.1 Å². The predicted molar refractivity (Wildman–Crippen MR) is 229 cm³/mol. The van der Waals surface area contributed by atoms with Crippen LogP contribution in [0.25, 0.3) is 116 Å². The van der Waals surface area contributed by atoms with Gasteiger partial charge in [0.2, 0.25) is 5.95 Å². The van der Waals surface area contributed by atoms with Crippen molar-refractivity contribution in [1.82, 2.24) is 14.5 Å². The number of aromatic nitrogens is 3. The minimum absolute atomic E-state index is 0.470. The number of nitriles is 1. The molecular weight excluding hydrogens is 701 g/mol. The van der Waals surface area contributed by atoms with Crippen molar-refractivity contribution in [3.8, 4) is 45.5 Å². The Morgan fingerprint density at radius 1 is 0.456 bits per heavy atom. The lowest BCUT2D eigenvalue weighted by atomic mass is 9.95. The summed E-state index contributed by atoms with van der Waals surface area (Å²) in [6.07, 6.45) is 0. The standard InChI is InChI=1S/C51H28N4O2/c52-29-30-23-24-41-40(25-30)44-36-17-7-8-18-37(36)45-38-19-9-11-21-42(38)56-49(45)48(44)55(41)51-53-46(50-47(54-51)39-20-10-12-22-43(39)57-50)35-27-33(31-13-3-1-4-14-31)26-34(28-35)32-15-5-2-6-16-32/h1-28H. The van der Waals surface area contributed by atoms with Crippen LogP contribution >= 0.6 is 0 Å². The minimum Gasteiger partial charge on any atom is -0.454 e. The number of nitrogens with zero attached hydrogens (tertiary/aromatic N) is 4. The summed E-state index contributed by atoms with van der Waals surface area (Å²) in [6, 6.07) is 60.3. The smallest absolute Gasteiger partial charge is 0.236 e. The van der Waals surface area contributed by atoms with Crippen molar-refractivity contribution in [3.05, 3.63) is 175 Å². The third kappa shape index (κ3) is 4.63. The highest BCUT2D eigenvalue weighted by Gasteiger charge is 2.26. The lowest BCUT2D eigenvalue weighted by molar-refractivity contribution is 0.666. The van der Waals surface area contributed by atoms with E-state index in [1.165, 1.54) is 0 Å². The fraction of sp³-hybridized carbons (Fsp3) is 0. The van der Waals surface area contributed by atoms with Gasteiger partial charge in [-0.1, -0.05) is 115 Å². The fourth-order valence-electron chi connectivity index (χ4n) is 8.69. The van der Waals surface area contributed by atoms with Gasteiger partial charge < -0.3 is 8.83 Å². The number of fused-ring (bicyclic) bond motifs is 13. The van der Waals surface area contributed by atoms with Gasteiger partial charge in [-0.25, -0.2) is 9.97 Å². The minimum atomic E-state index is 0.470. The second-order valence-corrected chi connectivity index (χ2v) is 14.4. The third-order valence-corrected chi connectivity index (χ3v) is 11.2. The molecule has 12 aromatic rings. The van der Waals surface area contributed by atoms with Crippen LogP contribution in [0, 0.1) is 11.3 Å². The molecule has 6 nitrogen and oxygen atoms in total. The van der Waals surface area contributed by atoms with Gasteiger partial charge in [-0.05, 0) is 87.6 Å². The maximum absolute atomic E-state index is 10.1. The first-order chi connectivity index (χ1) is 28.2. The van der Waals surface area contributed by atoms with Gasteiger partial charge in [-0.2, -0.15) is 5.26 Å². The summed E-state index contributed by atoms with van der Waals surface area (Å²) in [7, 11) is 0. The van der Waals surface area contributed by atoms with Crippen LogP contribution in [0.5, 0.6) is 0 Å². The Morgan fingerprint density at radius 2 is 1.02 bits per heavy atom. The van der Waals surface area contributed by atoms with E-state index in [0.717, 1.165) is 93.3 Å². The number of benzene rings is 8. The first kappa shape index (κ1) is 31.4. The van der Waals surface area contributed by atoms with Crippen molar-refractivity contribution in [2.75, 3.05) is 0 Å². The van der Waals surface area contributed by atoms with Crippen LogP contribution in [-0.4, -0.2) is 14.5 Å². The van der Waals surface area contributed by atoms with Gasteiger partial charge >= 0.3 is 0 Å². The van der Waals surface area contributed by atoms with Crippen LogP contribution in [0.4, 0.5) is 0 Å². The number of rotatable bonds is 4. The van der Waals surface area contributed by atoms with Crippen molar-refractivity contribution in [1.29, 1.82) is 5.26 Å². The van der Waals surface area contributed by atoms with E-state index in [-0.39, 0.29) is 0 Å². The Hall–Kier alpha value is -8.01. The molecular formula is C51H28N4O2. The van der Waals surface area contributed by atoms with Crippen LogP contribution < -0.4 is 0 Å². The van der Waals surface area contributed by atoms with Gasteiger partial charge in [-0.3, -0.25) is 4.57 Å². The zero-order valence-corrected chi connectivity index (χ0v) is 30.3. The Morgan fingerprint density at radius 3 is 1.70 bits per heavy atom. The fourth-order valence-corrected chi connectivity index (χ4v) is 8.69. The first-order valence-corrected chi connectivity index (χ1v) is 18.9. The molecule has 0 saturated carbocycles. The van der Waals surface area contributed by atoms with Crippen molar-refractivity contribution in [2.24, 2.45) is 0 Å². The molecule has 8 aromatic carbocycles. The van der Waals surface area contributed by atoms with E-state index >= 15 is 0 Å². The number of hydrogen-bond acceptors (Lipinski definition) is 5. The molecule has 0 atom stereocenters. The second kappa shape index (κ2) is 12.0. The Balaban J connectivity index is 1.26. The highest BCUT2D eigenvalue weighted by molar-refractivity contribution is 6.35. The summed E-state index contributed by atoms with van der Waals surface area (Å²) in [6.45, 7) is 0. The second-order valence-electron chi connectivity index (χ2n) is 14.4. The molecule has 0 radical (unpaired) electrons. The van der Waals surface area contributed by atoms with E-state index in [1.54, 1.807) is 0 Å². The Bertz CT molecular complexity index is 3590. The highest BCUT2D eigenvalue weighted by Crippen LogP contribution is 2.46. The lowest BCUT2D eigenvalue weighted by Gasteiger charge is -2.13. The zero-order chi connectivity index (χ0) is 37.6. The van der Waals surface area contributed by atoms with Gasteiger partial charge in [0.25, 0.3) is 0 Å². The maximum Gasteiger partial charge on any atom is 0.236 e. The quantitative estimate of drug-likeness (QED) is 0.180. The number of furan rings is 2. The molecule has 0 fully saturated rings. The van der Waals surface area contributed by atoms with E-state index in [9.17, 15) is 5.26 Å². The molecule has 0 aliphatic carbocycles. The van der Waals surface area contributed by atoms with E-state index in [0.29, 0.717) is 28.3 Å². The van der Waals surface area contributed by atoms with Crippen molar-refractivity contribution < 1.29 is 8.83 Å². The summed E-state index contributed by atoms with van der Waals surface area (Å²) in [5.41, 5.74) is 11.7. The van der Waals surface area contributed by atoms with Gasteiger partial charge in [0, 0.05) is 32.5 Å². The zero-order valence-electron chi connectivity index (χ0n) is 30.3. The molecule has 6 heteroatoms. The molecule has 0 aliphatic rings. The average Bonchev–Trinajstić information content (AvgIpc) is 3.96. The summed E-state index contributed by atoms with van der Waals surface area (Å²) < 4.78 is 15.7. The molecule has 4 aromatic heterocycles. The first-order valence-electron chi connectivity index (χ1n) is 18.9. The molecule has 0 amide bonds. The normalized spacial score (nSPS) is 11.8. The van der Waals surface area contributed by atoms with Gasteiger partial charge in [0.15, 0.2) is 11.2 Å². The molecule has 57 heavy (non-hydrogen) atoms. The highest BCUT2D eigenvalue weighted by atomic mass is 16.3. The topological polar surface area (TPSA) is 80.8 Å². The number of hydrogen-bond donors (Lipinski definition) is 0. The molecule has 0 unspecified atom stereocenters. The van der Waals surface area contributed by atoms with Crippen molar-refractivity contribution in [3.63, 3.8) is 0 Å². The summed E-state index contributed by atoms with van der Waals surface area (Å²) in [5, 5.41) is 17.1. The Labute approximate surface area is 325 Å². The van der Waals surface area contributed by atoms with Crippen LogP contribution in [0.15, 0.2) is 179 Å². The SMILES string of the molecule is N#Cc1ccc2c(c1)c1c3ccccc3c3c4ccccc4oc3c1n2-c1nc(-c2cc(-c3ccccc3)cc(-c3ccccc3)c2)c2oc3ccccc3c2n1. The van der Waals surface area contributed by atoms with E-state index in [4.69, 9.17) is 18.8 Å². The van der Waals surface area contributed by atoms with E-state index in [2.05, 4.69) is 108 Å². The van der Waals surface area contributed by atoms with Crippen molar-refractivity contribution >= 4 is 76.6 Å². The third-order valence-electron chi connectivity index (χ3n) is 11.2. The van der Waals surface area contributed by atoms with Gasteiger partial charge in [-0.15, -0.1) is 0 Å². The molecule has 4 heterocycles. The number of para-hydroxylation sites is 2. The van der Waals surface area contributed by atoms with Crippen molar-refractivity contribution in [2.45, 2.75) is 0 Å². The molecule has 12 rings (SSSR count). The summed E-state index contributed by atoms with van der Waals surface area (Å²) >= 11 is 0. The molecule has 0 bridgehead atoms. The molecule has 0 saturated heterocycles. The lowest BCUT2D eigenvalue weighted by Crippen LogP contribution is -2.03. The van der Waals surface area contributed by atoms with Crippen LogP contribution in [-0.2, 0) is 0 Å². The Kier molecular flexibility index (Phi) is 6.60. The van der Waals surface area contributed by atoms with Gasteiger partial charge in [0.1, 0.15) is 27.9 Å². The van der Waals surface area contributed by atoms with Crippen LogP contribution in [0.2, 0.25) is 0 Å². The monoisotopic (exact) mass is 728 g/mol. The molecule has 0 spiro atoms. The maximum atomic E-state index is 10.1. The van der Waals surface area contributed by atoms with Crippen LogP contribution in [0.1, 0.15) is 5.56 Å².